The third kappa shape index (κ3) is 2.68. The topological polar surface area (TPSA) is 29.1 Å². The van der Waals surface area contributed by atoms with E-state index in [2.05, 4.69) is 24.9 Å². The molecule has 0 unspecified atom stereocenters. The van der Waals surface area contributed by atoms with Gasteiger partial charge in [-0.05, 0) is 48.7 Å². The number of carbonyl (C=O) groups is 1. The van der Waals surface area contributed by atoms with Crippen LogP contribution in [-0.2, 0) is 4.79 Å². The van der Waals surface area contributed by atoms with Gasteiger partial charge in [-0.15, -0.1) is 0 Å². The average Bonchev–Trinajstić information content (AvgIpc) is 3.12. The van der Waals surface area contributed by atoms with Crippen molar-refractivity contribution in [3.63, 3.8) is 0 Å². The van der Waals surface area contributed by atoms with E-state index < -0.39 is 0 Å². The van der Waals surface area contributed by atoms with E-state index in [4.69, 9.17) is 0 Å². The minimum absolute atomic E-state index is 0.237. The van der Waals surface area contributed by atoms with Crippen molar-refractivity contribution in [2.45, 2.75) is 45.4 Å². The van der Waals surface area contributed by atoms with E-state index in [0.717, 1.165) is 12.3 Å². The molecule has 15 heavy (non-hydrogen) atoms. The summed E-state index contributed by atoms with van der Waals surface area (Å²) < 4.78 is 0. The van der Waals surface area contributed by atoms with Gasteiger partial charge in [-0.1, -0.05) is 6.92 Å². The van der Waals surface area contributed by atoms with Gasteiger partial charge in [0.1, 0.15) is 0 Å². The molecule has 0 heterocycles. The molecule has 0 radical (unpaired) electrons. The first-order valence-corrected chi connectivity index (χ1v) is 6.65. The van der Waals surface area contributed by atoms with Gasteiger partial charge in [-0.25, -0.2) is 0 Å². The van der Waals surface area contributed by atoms with Crippen molar-refractivity contribution in [2.75, 3.05) is 12.3 Å². The number of carbonyl (C=O) groups excluding carboxylic acids is 1. The Labute approximate surface area is 97.6 Å². The van der Waals surface area contributed by atoms with Crippen LogP contribution in [0.15, 0.2) is 0 Å². The van der Waals surface area contributed by atoms with Gasteiger partial charge in [-0.2, -0.15) is 12.6 Å². The molecular formula is C12H21NOS. The van der Waals surface area contributed by atoms with Crippen molar-refractivity contribution < 1.29 is 4.79 Å². The van der Waals surface area contributed by atoms with Gasteiger partial charge < -0.3 is 5.32 Å². The van der Waals surface area contributed by atoms with Crippen LogP contribution in [0, 0.1) is 10.8 Å². The summed E-state index contributed by atoms with van der Waals surface area (Å²) >= 11 is 4.31. The van der Waals surface area contributed by atoms with Crippen LogP contribution in [0.3, 0.4) is 0 Å². The standard InChI is InChI=1S/C12H21NOS/c1-2-11(3-4-11)8-13-10(14)7-12(9-15)5-6-12/h15H,2-9H2,1H3,(H,13,14). The van der Waals surface area contributed by atoms with E-state index in [9.17, 15) is 4.79 Å². The Kier molecular flexibility index (Phi) is 3.02. The maximum Gasteiger partial charge on any atom is 0.220 e. The normalized spacial score (nSPS) is 24.7. The molecule has 2 aliphatic carbocycles. The van der Waals surface area contributed by atoms with Crippen LogP contribution in [-0.4, -0.2) is 18.2 Å². The Morgan fingerprint density at radius 3 is 2.27 bits per heavy atom. The zero-order chi connectivity index (χ0) is 10.9. The Morgan fingerprint density at radius 2 is 1.87 bits per heavy atom. The fraction of sp³-hybridized carbons (Fsp3) is 0.917. The second-order valence-corrected chi connectivity index (χ2v) is 5.78. The second-order valence-electron chi connectivity index (χ2n) is 5.47. The number of rotatable bonds is 6. The van der Waals surface area contributed by atoms with E-state index in [-0.39, 0.29) is 11.3 Å². The molecule has 3 heteroatoms. The van der Waals surface area contributed by atoms with Gasteiger partial charge in [0.05, 0.1) is 0 Å². The van der Waals surface area contributed by atoms with Gasteiger partial charge >= 0.3 is 0 Å². The molecule has 0 aromatic heterocycles. The first-order chi connectivity index (χ1) is 7.14. The lowest BCUT2D eigenvalue weighted by atomic mass is 10.0. The molecule has 86 valence electrons. The summed E-state index contributed by atoms with van der Waals surface area (Å²) in [7, 11) is 0. The Bertz CT molecular complexity index is 256. The highest BCUT2D eigenvalue weighted by atomic mass is 32.1. The molecule has 0 aromatic carbocycles. The summed E-state index contributed by atoms with van der Waals surface area (Å²) in [6.07, 6.45) is 6.84. The monoisotopic (exact) mass is 227 g/mol. The van der Waals surface area contributed by atoms with Crippen molar-refractivity contribution in [2.24, 2.45) is 10.8 Å². The molecule has 0 spiro atoms. The highest BCUT2D eigenvalue weighted by Gasteiger charge is 2.44. The quantitative estimate of drug-likeness (QED) is 0.670. The SMILES string of the molecule is CCC1(CNC(=O)CC2(CS)CC2)CC1. The lowest BCUT2D eigenvalue weighted by Crippen LogP contribution is -2.31. The van der Waals surface area contributed by atoms with Gasteiger partial charge in [0.2, 0.25) is 5.91 Å². The summed E-state index contributed by atoms with van der Waals surface area (Å²) in [6, 6.07) is 0. The summed E-state index contributed by atoms with van der Waals surface area (Å²) in [5.74, 6) is 1.10. The summed E-state index contributed by atoms with van der Waals surface area (Å²) in [5, 5.41) is 3.09. The lowest BCUT2D eigenvalue weighted by Gasteiger charge is -2.16. The molecular weight excluding hydrogens is 206 g/mol. The van der Waals surface area contributed by atoms with Gasteiger partial charge in [-0.3, -0.25) is 4.79 Å². The molecule has 0 aromatic rings. The maximum atomic E-state index is 11.7. The zero-order valence-corrected chi connectivity index (χ0v) is 10.4. The zero-order valence-electron chi connectivity index (χ0n) is 9.51. The molecule has 2 saturated carbocycles. The molecule has 0 atom stereocenters. The fourth-order valence-corrected chi connectivity index (χ4v) is 2.52. The number of thiol groups is 1. The predicted octanol–water partition coefficient (Wildman–Crippen LogP) is 2.39. The van der Waals surface area contributed by atoms with Gasteiger partial charge in [0.15, 0.2) is 0 Å². The number of hydrogen-bond donors (Lipinski definition) is 2. The maximum absolute atomic E-state index is 11.7. The van der Waals surface area contributed by atoms with Crippen LogP contribution in [0.1, 0.15) is 45.4 Å². The van der Waals surface area contributed by atoms with Crippen molar-refractivity contribution >= 4 is 18.5 Å². The lowest BCUT2D eigenvalue weighted by molar-refractivity contribution is -0.122. The predicted molar refractivity (Wildman–Crippen MR) is 65.1 cm³/mol. The Hall–Kier alpha value is -0.180. The summed E-state index contributed by atoms with van der Waals surface area (Å²) in [6.45, 7) is 3.11. The number of hydrogen-bond acceptors (Lipinski definition) is 2. The molecule has 2 aliphatic rings. The first kappa shape index (κ1) is 11.3. The van der Waals surface area contributed by atoms with Crippen LogP contribution in [0.5, 0.6) is 0 Å². The van der Waals surface area contributed by atoms with E-state index in [1.54, 1.807) is 0 Å². The third-order valence-corrected chi connectivity index (χ3v) is 4.87. The van der Waals surface area contributed by atoms with E-state index in [1.165, 1.54) is 32.1 Å². The van der Waals surface area contributed by atoms with Crippen molar-refractivity contribution in [3.8, 4) is 0 Å². The van der Waals surface area contributed by atoms with E-state index >= 15 is 0 Å². The van der Waals surface area contributed by atoms with Gasteiger partial charge in [0.25, 0.3) is 0 Å². The molecule has 0 aliphatic heterocycles. The highest BCUT2D eigenvalue weighted by Crippen LogP contribution is 2.50. The Balaban J connectivity index is 1.69. The molecule has 0 bridgehead atoms. The van der Waals surface area contributed by atoms with Crippen LogP contribution in [0.4, 0.5) is 0 Å². The average molecular weight is 227 g/mol. The van der Waals surface area contributed by atoms with Crippen molar-refractivity contribution in [1.82, 2.24) is 5.32 Å². The minimum Gasteiger partial charge on any atom is -0.356 e. The molecule has 1 N–H and O–H groups in total. The summed E-state index contributed by atoms with van der Waals surface area (Å²) in [5.41, 5.74) is 0.726. The third-order valence-electron chi connectivity index (χ3n) is 4.20. The Morgan fingerprint density at radius 1 is 1.27 bits per heavy atom. The molecule has 2 nitrogen and oxygen atoms in total. The van der Waals surface area contributed by atoms with Crippen LogP contribution < -0.4 is 5.32 Å². The number of amides is 1. The molecule has 2 rings (SSSR count). The highest BCUT2D eigenvalue weighted by molar-refractivity contribution is 7.80. The summed E-state index contributed by atoms with van der Waals surface area (Å²) in [4.78, 5) is 11.7. The number of nitrogens with one attached hydrogen (secondary N) is 1. The first-order valence-electron chi connectivity index (χ1n) is 6.01. The van der Waals surface area contributed by atoms with Crippen LogP contribution in [0.2, 0.25) is 0 Å². The largest absolute Gasteiger partial charge is 0.356 e. The van der Waals surface area contributed by atoms with E-state index in [0.29, 0.717) is 11.8 Å². The van der Waals surface area contributed by atoms with Crippen molar-refractivity contribution in [3.05, 3.63) is 0 Å². The van der Waals surface area contributed by atoms with E-state index in [1.807, 2.05) is 0 Å². The van der Waals surface area contributed by atoms with Gasteiger partial charge in [0, 0.05) is 13.0 Å². The minimum atomic E-state index is 0.237. The smallest absolute Gasteiger partial charge is 0.220 e. The molecule has 2 fully saturated rings. The molecule has 1 amide bonds. The van der Waals surface area contributed by atoms with Crippen LogP contribution >= 0.6 is 12.6 Å². The van der Waals surface area contributed by atoms with Crippen LogP contribution in [0.25, 0.3) is 0 Å². The molecule has 0 saturated heterocycles. The fourth-order valence-electron chi connectivity index (χ4n) is 2.09. The van der Waals surface area contributed by atoms with Crippen molar-refractivity contribution in [1.29, 1.82) is 0 Å². The second kappa shape index (κ2) is 4.00.